The summed E-state index contributed by atoms with van der Waals surface area (Å²) in [4.78, 5) is 29.2. The molecule has 0 saturated carbocycles. The largest absolute Gasteiger partial charge is 0.289 e. The molecule has 1 aliphatic carbocycles. The van der Waals surface area contributed by atoms with Crippen LogP contribution in [0.25, 0.3) is 0 Å². The van der Waals surface area contributed by atoms with Gasteiger partial charge in [-0.25, -0.2) is 0 Å². The lowest BCUT2D eigenvalue weighted by Gasteiger charge is -2.19. The van der Waals surface area contributed by atoms with E-state index in [9.17, 15) is 9.59 Å². The van der Waals surface area contributed by atoms with Crippen molar-refractivity contribution in [2.24, 2.45) is 4.99 Å². The molecule has 2 aliphatic rings. The Morgan fingerprint density at radius 2 is 1.81 bits per heavy atom. The Hall–Kier alpha value is -2.55. The quantitative estimate of drug-likeness (QED) is 0.832. The molecule has 0 atom stereocenters. The Morgan fingerprint density at radius 3 is 2.57 bits per heavy atom. The monoisotopic (exact) mass is 277 g/mol. The van der Waals surface area contributed by atoms with Crippen molar-refractivity contribution in [1.82, 2.24) is 0 Å². The number of rotatable bonds is 2. The van der Waals surface area contributed by atoms with Crippen LogP contribution in [0.4, 0.5) is 0 Å². The molecule has 0 fully saturated rings. The molecule has 0 saturated heterocycles. The summed E-state index contributed by atoms with van der Waals surface area (Å²) in [6.45, 7) is 2.34. The van der Waals surface area contributed by atoms with E-state index in [1.165, 1.54) is 0 Å². The minimum Gasteiger partial charge on any atom is -0.289 e. The number of Topliss-reactive ketones (excluding diaryl/α,β-unsaturated/α-hetero) is 2. The van der Waals surface area contributed by atoms with Crippen LogP contribution < -0.4 is 0 Å². The highest BCUT2D eigenvalue weighted by atomic mass is 16.1. The van der Waals surface area contributed by atoms with E-state index >= 15 is 0 Å². The lowest BCUT2D eigenvalue weighted by atomic mass is 9.82. The number of carbonyl (C=O) groups is 2. The van der Waals surface area contributed by atoms with Crippen LogP contribution in [0, 0.1) is 0 Å². The molecule has 3 nitrogen and oxygen atoms in total. The van der Waals surface area contributed by atoms with Gasteiger partial charge in [0.05, 0.1) is 6.54 Å². The fraction of sp³-hybridized carbons (Fsp3) is 0.167. The van der Waals surface area contributed by atoms with Crippen molar-refractivity contribution in [3.63, 3.8) is 0 Å². The Kier molecular flexibility index (Phi) is 3.48. The molecule has 3 rings (SSSR count). The number of aliphatic imine (C=N–C) groups is 1. The minimum atomic E-state index is -0.0466. The van der Waals surface area contributed by atoms with Gasteiger partial charge in [-0.3, -0.25) is 14.6 Å². The third-order valence-electron chi connectivity index (χ3n) is 3.83. The highest BCUT2D eigenvalue weighted by molar-refractivity contribution is 6.26. The van der Waals surface area contributed by atoms with Crippen molar-refractivity contribution in [1.29, 1.82) is 0 Å². The van der Waals surface area contributed by atoms with Crippen LogP contribution in [-0.4, -0.2) is 24.3 Å². The number of hydrogen-bond donors (Lipinski definition) is 0. The van der Waals surface area contributed by atoms with Crippen LogP contribution in [0.15, 0.2) is 64.2 Å². The van der Waals surface area contributed by atoms with Gasteiger partial charge < -0.3 is 0 Å². The number of fused-ring (bicyclic) bond motifs is 1. The maximum Gasteiger partial charge on any atom is 0.190 e. The molecule has 104 valence electrons. The van der Waals surface area contributed by atoms with Gasteiger partial charge in [0, 0.05) is 34.9 Å². The summed E-state index contributed by atoms with van der Waals surface area (Å²) in [6, 6.07) is 7.02. The molecule has 0 N–H and O–H groups in total. The average molecular weight is 277 g/mol. The lowest BCUT2D eigenvalue weighted by molar-refractivity contribution is 0.0973. The summed E-state index contributed by atoms with van der Waals surface area (Å²) in [7, 11) is 0. The van der Waals surface area contributed by atoms with Crippen LogP contribution >= 0.6 is 0 Å². The number of hydrogen-bond acceptors (Lipinski definition) is 3. The van der Waals surface area contributed by atoms with Gasteiger partial charge in [0.2, 0.25) is 0 Å². The van der Waals surface area contributed by atoms with Gasteiger partial charge in [-0.15, -0.1) is 0 Å². The van der Waals surface area contributed by atoms with E-state index in [0.29, 0.717) is 35.2 Å². The molecule has 1 aromatic carbocycles. The molecular weight excluding hydrogens is 262 g/mol. The van der Waals surface area contributed by atoms with Crippen molar-refractivity contribution in [2.45, 2.75) is 13.3 Å². The van der Waals surface area contributed by atoms with Crippen LogP contribution in [0.1, 0.15) is 34.1 Å². The average Bonchev–Trinajstić information content (AvgIpc) is 2.78. The SMILES string of the molecule is CC1=C(CC2=CCN=CC=C2)C(=O)c2ccccc2C1=O. The van der Waals surface area contributed by atoms with Crippen LogP contribution in [0.3, 0.4) is 0 Å². The molecule has 1 heterocycles. The van der Waals surface area contributed by atoms with Crippen LogP contribution in [0.2, 0.25) is 0 Å². The lowest BCUT2D eigenvalue weighted by Crippen LogP contribution is -2.21. The molecule has 0 bridgehead atoms. The van der Waals surface area contributed by atoms with Crippen molar-refractivity contribution in [3.8, 4) is 0 Å². The minimum absolute atomic E-state index is 0.0397. The fourth-order valence-electron chi connectivity index (χ4n) is 2.63. The van der Waals surface area contributed by atoms with Gasteiger partial charge in [0.25, 0.3) is 0 Å². The zero-order chi connectivity index (χ0) is 14.8. The molecule has 0 spiro atoms. The van der Waals surface area contributed by atoms with E-state index in [-0.39, 0.29) is 11.6 Å². The van der Waals surface area contributed by atoms with Gasteiger partial charge in [-0.2, -0.15) is 0 Å². The summed E-state index contributed by atoms with van der Waals surface area (Å²) < 4.78 is 0. The van der Waals surface area contributed by atoms with Crippen molar-refractivity contribution in [3.05, 3.63) is 70.3 Å². The van der Waals surface area contributed by atoms with Gasteiger partial charge in [0.15, 0.2) is 11.6 Å². The zero-order valence-electron chi connectivity index (χ0n) is 11.8. The van der Waals surface area contributed by atoms with Crippen molar-refractivity contribution in [2.75, 3.05) is 6.54 Å². The summed E-state index contributed by atoms with van der Waals surface area (Å²) in [6.07, 6.45) is 8.00. The van der Waals surface area contributed by atoms with E-state index in [2.05, 4.69) is 4.99 Å². The number of carbonyl (C=O) groups excluding carboxylic acids is 2. The van der Waals surface area contributed by atoms with E-state index in [0.717, 1.165) is 5.57 Å². The molecule has 21 heavy (non-hydrogen) atoms. The molecule has 1 aromatic rings. The predicted octanol–water partition coefficient (Wildman–Crippen LogP) is 3.34. The molecule has 0 radical (unpaired) electrons. The highest BCUT2D eigenvalue weighted by Crippen LogP contribution is 2.30. The van der Waals surface area contributed by atoms with Crippen molar-refractivity contribution < 1.29 is 9.59 Å². The Balaban J connectivity index is 1.99. The third-order valence-corrected chi connectivity index (χ3v) is 3.83. The van der Waals surface area contributed by atoms with Crippen LogP contribution in [-0.2, 0) is 0 Å². The summed E-state index contributed by atoms with van der Waals surface area (Å²) in [5.41, 5.74) is 3.19. The number of benzene rings is 1. The first-order valence-electron chi connectivity index (χ1n) is 6.92. The van der Waals surface area contributed by atoms with Gasteiger partial charge in [0.1, 0.15) is 0 Å². The molecule has 0 amide bonds. The van der Waals surface area contributed by atoms with Gasteiger partial charge in [-0.1, -0.05) is 36.4 Å². The molecule has 1 aliphatic heterocycles. The smallest absolute Gasteiger partial charge is 0.190 e. The van der Waals surface area contributed by atoms with Crippen molar-refractivity contribution >= 4 is 17.8 Å². The topological polar surface area (TPSA) is 46.5 Å². The second-order valence-electron chi connectivity index (χ2n) is 5.14. The molecular formula is C18H15NO2. The van der Waals surface area contributed by atoms with Crippen LogP contribution in [0.5, 0.6) is 0 Å². The second kappa shape index (κ2) is 5.44. The number of allylic oxidation sites excluding steroid dienone is 5. The van der Waals surface area contributed by atoms with E-state index in [1.54, 1.807) is 37.4 Å². The first-order chi connectivity index (χ1) is 10.2. The Bertz CT molecular complexity index is 748. The standard InChI is InChI=1S/C18H15NO2/c1-12-16(11-13-5-4-9-19-10-8-13)18(21)15-7-3-2-6-14(15)17(12)20/h2-9H,10-11H2,1H3. The van der Waals surface area contributed by atoms with Gasteiger partial charge in [-0.05, 0) is 18.6 Å². The second-order valence-corrected chi connectivity index (χ2v) is 5.14. The van der Waals surface area contributed by atoms with E-state index in [1.807, 2.05) is 18.2 Å². The maximum atomic E-state index is 12.6. The zero-order valence-corrected chi connectivity index (χ0v) is 11.8. The summed E-state index contributed by atoms with van der Waals surface area (Å²) in [5, 5.41) is 0. The first-order valence-corrected chi connectivity index (χ1v) is 6.92. The van der Waals surface area contributed by atoms with Gasteiger partial charge >= 0.3 is 0 Å². The summed E-state index contributed by atoms with van der Waals surface area (Å²) >= 11 is 0. The third kappa shape index (κ3) is 2.42. The molecule has 0 unspecified atom stereocenters. The fourth-order valence-corrected chi connectivity index (χ4v) is 2.63. The van der Waals surface area contributed by atoms with E-state index in [4.69, 9.17) is 0 Å². The summed E-state index contributed by atoms with van der Waals surface area (Å²) in [5.74, 6) is -0.0863. The maximum absolute atomic E-state index is 12.6. The van der Waals surface area contributed by atoms with E-state index < -0.39 is 0 Å². The molecule has 3 heteroatoms. The first kappa shape index (κ1) is 13.4. The Labute approximate surface area is 123 Å². The Morgan fingerprint density at radius 1 is 1.10 bits per heavy atom. The molecule has 0 aromatic heterocycles. The predicted molar refractivity (Wildman–Crippen MR) is 83.0 cm³/mol. The number of ketones is 2. The highest BCUT2D eigenvalue weighted by Gasteiger charge is 2.29. The normalized spacial score (nSPS) is 17.7. The number of nitrogens with zero attached hydrogens (tertiary/aromatic N) is 1.